The van der Waals surface area contributed by atoms with E-state index in [9.17, 15) is 0 Å². The average molecular weight is 184 g/mol. The lowest BCUT2D eigenvalue weighted by Gasteiger charge is -2.32. The zero-order chi connectivity index (χ0) is 9.26. The minimum absolute atomic E-state index is 0.389. The number of morpholine rings is 1. The Hall–Kier alpha value is -0.120. The molecule has 1 heterocycles. The molecular formula is C10H20N2O. The van der Waals surface area contributed by atoms with Gasteiger partial charge in [-0.1, -0.05) is 0 Å². The Morgan fingerprint density at radius 3 is 2.92 bits per heavy atom. The minimum Gasteiger partial charge on any atom is -0.376 e. The Labute approximate surface area is 80.2 Å². The van der Waals surface area contributed by atoms with Crippen molar-refractivity contribution in [3.05, 3.63) is 0 Å². The minimum atomic E-state index is 0.389. The molecule has 2 unspecified atom stereocenters. The Morgan fingerprint density at radius 2 is 2.31 bits per heavy atom. The second-order valence-corrected chi connectivity index (χ2v) is 4.44. The van der Waals surface area contributed by atoms with Gasteiger partial charge in [-0.2, -0.15) is 0 Å². The number of rotatable bonds is 3. The largest absolute Gasteiger partial charge is 0.376 e. The maximum Gasteiger partial charge on any atom is 0.0674 e. The molecule has 0 radical (unpaired) electrons. The lowest BCUT2D eigenvalue weighted by atomic mass is 10.1. The summed E-state index contributed by atoms with van der Waals surface area (Å²) in [5.41, 5.74) is 6.07. The van der Waals surface area contributed by atoms with Crippen LogP contribution in [-0.4, -0.2) is 43.3 Å². The van der Waals surface area contributed by atoms with Crippen LogP contribution in [0.3, 0.4) is 0 Å². The van der Waals surface area contributed by atoms with Gasteiger partial charge < -0.3 is 10.5 Å². The standard InChI is InChI=1S/C10H20N2O/c1-8-6-12(4-5-13-8)7-10(11)9-2-3-9/h8-10H,2-7,11H2,1H3. The van der Waals surface area contributed by atoms with Crippen LogP contribution in [0, 0.1) is 5.92 Å². The Balaban J connectivity index is 1.73. The van der Waals surface area contributed by atoms with Crippen LogP contribution < -0.4 is 5.73 Å². The molecule has 1 aliphatic carbocycles. The van der Waals surface area contributed by atoms with Crippen LogP contribution >= 0.6 is 0 Å². The van der Waals surface area contributed by atoms with Crippen LogP contribution in [0.5, 0.6) is 0 Å². The molecule has 0 amide bonds. The molecule has 76 valence electrons. The first-order chi connectivity index (χ1) is 6.25. The molecule has 3 heteroatoms. The van der Waals surface area contributed by atoms with Crippen molar-refractivity contribution in [1.29, 1.82) is 0 Å². The van der Waals surface area contributed by atoms with E-state index < -0.39 is 0 Å². The van der Waals surface area contributed by atoms with Gasteiger partial charge in [0, 0.05) is 25.7 Å². The molecule has 0 aromatic heterocycles. The number of nitrogens with zero attached hydrogens (tertiary/aromatic N) is 1. The van der Waals surface area contributed by atoms with Gasteiger partial charge in [-0.3, -0.25) is 4.90 Å². The SMILES string of the molecule is CC1CN(CC(N)C2CC2)CCO1. The van der Waals surface area contributed by atoms with Gasteiger partial charge in [0.2, 0.25) is 0 Å². The van der Waals surface area contributed by atoms with Gasteiger partial charge in [0.05, 0.1) is 12.7 Å². The Morgan fingerprint density at radius 1 is 1.54 bits per heavy atom. The zero-order valence-corrected chi connectivity index (χ0v) is 8.41. The number of nitrogens with two attached hydrogens (primary N) is 1. The van der Waals surface area contributed by atoms with Gasteiger partial charge in [-0.05, 0) is 25.7 Å². The number of hydrogen-bond donors (Lipinski definition) is 1. The van der Waals surface area contributed by atoms with Crippen molar-refractivity contribution in [3.63, 3.8) is 0 Å². The van der Waals surface area contributed by atoms with E-state index in [4.69, 9.17) is 10.5 Å². The summed E-state index contributed by atoms with van der Waals surface area (Å²) in [5, 5.41) is 0. The van der Waals surface area contributed by atoms with Crippen LogP contribution in [0.15, 0.2) is 0 Å². The first-order valence-electron chi connectivity index (χ1n) is 5.35. The smallest absolute Gasteiger partial charge is 0.0674 e. The van der Waals surface area contributed by atoms with Gasteiger partial charge in [-0.15, -0.1) is 0 Å². The maximum atomic E-state index is 6.07. The van der Waals surface area contributed by atoms with E-state index in [1.165, 1.54) is 12.8 Å². The molecule has 0 spiro atoms. The van der Waals surface area contributed by atoms with E-state index in [1.54, 1.807) is 0 Å². The van der Waals surface area contributed by atoms with E-state index in [0.29, 0.717) is 12.1 Å². The summed E-state index contributed by atoms with van der Waals surface area (Å²) in [4.78, 5) is 2.44. The fourth-order valence-electron chi connectivity index (χ4n) is 2.03. The van der Waals surface area contributed by atoms with Crippen molar-refractivity contribution in [2.75, 3.05) is 26.2 Å². The molecule has 3 nitrogen and oxygen atoms in total. The molecule has 2 fully saturated rings. The van der Waals surface area contributed by atoms with Crippen molar-refractivity contribution in [1.82, 2.24) is 4.90 Å². The highest BCUT2D eigenvalue weighted by atomic mass is 16.5. The highest BCUT2D eigenvalue weighted by molar-refractivity contribution is 4.86. The third kappa shape index (κ3) is 2.66. The second-order valence-electron chi connectivity index (χ2n) is 4.44. The third-order valence-corrected chi connectivity index (χ3v) is 3.02. The van der Waals surface area contributed by atoms with Crippen LogP contribution in [0.2, 0.25) is 0 Å². The number of ether oxygens (including phenoxy) is 1. The van der Waals surface area contributed by atoms with Crippen LogP contribution in [0.4, 0.5) is 0 Å². The predicted octanol–water partition coefficient (Wildman–Crippen LogP) is 0.444. The first kappa shape index (κ1) is 9.44. The number of hydrogen-bond acceptors (Lipinski definition) is 3. The molecule has 1 aliphatic heterocycles. The average Bonchev–Trinajstić information content (AvgIpc) is 2.85. The van der Waals surface area contributed by atoms with Gasteiger partial charge in [0.15, 0.2) is 0 Å². The Kier molecular flexibility index (Phi) is 2.86. The van der Waals surface area contributed by atoms with Gasteiger partial charge in [0.25, 0.3) is 0 Å². The molecule has 2 aliphatic rings. The summed E-state index contributed by atoms with van der Waals surface area (Å²) in [7, 11) is 0. The molecular weight excluding hydrogens is 164 g/mol. The van der Waals surface area contributed by atoms with E-state index >= 15 is 0 Å². The third-order valence-electron chi connectivity index (χ3n) is 3.02. The van der Waals surface area contributed by atoms with Crippen molar-refractivity contribution < 1.29 is 4.74 Å². The fraction of sp³-hybridized carbons (Fsp3) is 1.00. The van der Waals surface area contributed by atoms with Gasteiger partial charge in [-0.25, -0.2) is 0 Å². The predicted molar refractivity (Wildman–Crippen MR) is 52.6 cm³/mol. The summed E-state index contributed by atoms with van der Waals surface area (Å²) in [6.07, 6.45) is 3.09. The molecule has 2 atom stereocenters. The van der Waals surface area contributed by atoms with Gasteiger partial charge >= 0.3 is 0 Å². The topological polar surface area (TPSA) is 38.5 Å². The molecule has 13 heavy (non-hydrogen) atoms. The lowest BCUT2D eigenvalue weighted by molar-refractivity contribution is -0.0204. The van der Waals surface area contributed by atoms with E-state index in [1.807, 2.05) is 0 Å². The van der Waals surface area contributed by atoms with E-state index in [-0.39, 0.29) is 0 Å². The van der Waals surface area contributed by atoms with E-state index in [2.05, 4.69) is 11.8 Å². The van der Waals surface area contributed by atoms with Crippen molar-refractivity contribution in [3.8, 4) is 0 Å². The van der Waals surface area contributed by atoms with Crippen LogP contribution in [-0.2, 0) is 4.74 Å². The zero-order valence-electron chi connectivity index (χ0n) is 8.41. The fourth-order valence-corrected chi connectivity index (χ4v) is 2.03. The normalized spacial score (nSPS) is 33.2. The van der Waals surface area contributed by atoms with Crippen LogP contribution in [0.25, 0.3) is 0 Å². The highest BCUT2D eigenvalue weighted by Gasteiger charge is 2.30. The molecule has 0 bridgehead atoms. The lowest BCUT2D eigenvalue weighted by Crippen LogP contribution is -2.47. The van der Waals surface area contributed by atoms with Crippen molar-refractivity contribution >= 4 is 0 Å². The molecule has 1 saturated heterocycles. The first-order valence-corrected chi connectivity index (χ1v) is 5.35. The summed E-state index contributed by atoms with van der Waals surface area (Å²) < 4.78 is 5.48. The summed E-state index contributed by atoms with van der Waals surface area (Å²) >= 11 is 0. The van der Waals surface area contributed by atoms with Crippen molar-refractivity contribution in [2.45, 2.75) is 31.9 Å². The van der Waals surface area contributed by atoms with E-state index in [0.717, 1.165) is 32.2 Å². The molecule has 0 aromatic rings. The monoisotopic (exact) mass is 184 g/mol. The highest BCUT2D eigenvalue weighted by Crippen LogP contribution is 2.31. The molecule has 2 N–H and O–H groups in total. The van der Waals surface area contributed by atoms with Gasteiger partial charge in [0.1, 0.15) is 0 Å². The quantitative estimate of drug-likeness (QED) is 0.692. The molecule has 1 saturated carbocycles. The Bertz CT molecular complexity index is 170. The summed E-state index contributed by atoms with van der Waals surface area (Å²) in [6.45, 7) is 6.19. The maximum absolute atomic E-state index is 6.07. The summed E-state index contributed by atoms with van der Waals surface area (Å²) in [6, 6.07) is 0.408. The van der Waals surface area contributed by atoms with Crippen molar-refractivity contribution in [2.24, 2.45) is 11.7 Å². The van der Waals surface area contributed by atoms with Crippen LogP contribution in [0.1, 0.15) is 19.8 Å². The molecule has 2 rings (SSSR count). The second kappa shape index (κ2) is 3.95. The molecule has 0 aromatic carbocycles. The summed E-state index contributed by atoms with van der Waals surface area (Å²) in [5.74, 6) is 0.818.